The topological polar surface area (TPSA) is 17.1 Å². The number of aryl methyl sites for hydroxylation is 1. The van der Waals surface area contributed by atoms with Crippen LogP contribution in [0.15, 0.2) is 35.9 Å². The molecule has 0 aliphatic heterocycles. The monoisotopic (exact) mass is 300 g/mol. The Hall–Kier alpha value is -1.37. The summed E-state index contributed by atoms with van der Waals surface area (Å²) in [6, 6.07) is 8.59. The zero-order valence-corrected chi connectivity index (χ0v) is 15.2. The van der Waals surface area contributed by atoms with Gasteiger partial charge in [-0.05, 0) is 43.7 Å². The minimum Gasteiger partial charge on any atom is -0.294 e. The Balaban J connectivity index is 2.97. The van der Waals surface area contributed by atoms with Gasteiger partial charge in [0.1, 0.15) is 0 Å². The fourth-order valence-corrected chi connectivity index (χ4v) is 2.36. The van der Waals surface area contributed by atoms with E-state index in [2.05, 4.69) is 65.8 Å². The lowest BCUT2D eigenvalue weighted by Gasteiger charge is -2.26. The summed E-state index contributed by atoms with van der Waals surface area (Å²) in [6.45, 7) is 12.7. The third-order valence-corrected chi connectivity index (χ3v) is 4.78. The number of carbonyl (C=O) groups is 1. The summed E-state index contributed by atoms with van der Waals surface area (Å²) in [5.41, 5.74) is 3.56. The first-order valence-electron chi connectivity index (χ1n) is 8.56. The van der Waals surface area contributed by atoms with E-state index in [1.54, 1.807) is 0 Å². The van der Waals surface area contributed by atoms with E-state index in [4.69, 9.17) is 0 Å². The molecule has 0 heterocycles. The molecule has 0 aliphatic carbocycles. The highest BCUT2D eigenvalue weighted by Gasteiger charge is 2.29. The molecule has 0 bridgehead atoms. The van der Waals surface area contributed by atoms with Gasteiger partial charge < -0.3 is 0 Å². The van der Waals surface area contributed by atoms with Crippen LogP contribution in [0.2, 0.25) is 0 Å². The largest absolute Gasteiger partial charge is 0.294 e. The van der Waals surface area contributed by atoms with Crippen molar-refractivity contribution in [2.75, 3.05) is 0 Å². The van der Waals surface area contributed by atoms with Gasteiger partial charge in [0.25, 0.3) is 0 Å². The minimum absolute atomic E-state index is 0.265. The molecule has 122 valence electrons. The van der Waals surface area contributed by atoms with Crippen molar-refractivity contribution in [2.45, 2.75) is 67.2 Å². The fraction of sp³-hybridized carbons (Fsp3) is 0.571. The molecule has 0 amide bonds. The van der Waals surface area contributed by atoms with Gasteiger partial charge in [-0.15, -0.1) is 0 Å². The first-order chi connectivity index (χ1) is 10.3. The Morgan fingerprint density at radius 2 is 1.95 bits per heavy atom. The second-order valence-electron chi connectivity index (χ2n) is 7.31. The summed E-state index contributed by atoms with van der Waals surface area (Å²) in [5, 5.41) is 0. The van der Waals surface area contributed by atoms with Crippen LogP contribution in [0.4, 0.5) is 0 Å². The Labute approximate surface area is 136 Å². The summed E-state index contributed by atoms with van der Waals surface area (Å²) < 4.78 is 0. The van der Waals surface area contributed by atoms with Gasteiger partial charge in [0.2, 0.25) is 0 Å². The van der Waals surface area contributed by atoms with E-state index in [0.29, 0.717) is 5.92 Å². The van der Waals surface area contributed by atoms with Crippen molar-refractivity contribution in [1.82, 2.24) is 0 Å². The van der Waals surface area contributed by atoms with E-state index in [9.17, 15) is 4.79 Å². The lowest BCUT2D eigenvalue weighted by Crippen LogP contribution is -2.28. The van der Waals surface area contributed by atoms with Crippen LogP contribution in [-0.4, -0.2) is 5.78 Å². The second kappa shape index (κ2) is 8.31. The van der Waals surface area contributed by atoms with Crippen molar-refractivity contribution in [3.8, 4) is 0 Å². The van der Waals surface area contributed by atoms with Crippen molar-refractivity contribution >= 4 is 5.78 Å². The van der Waals surface area contributed by atoms with Gasteiger partial charge in [-0.25, -0.2) is 0 Å². The first-order valence-corrected chi connectivity index (χ1v) is 8.56. The van der Waals surface area contributed by atoms with Gasteiger partial charge in [0.15, 0.2) is 5.78 Å². The molecular weight excluding hydrogens is 268 g/mol. The van der Waals surface area contributed by atoms with Crippen molar-refractivity contribution in [3.05, 3.63) is 47.0 Å². The smallest absolute Gasteiger partial charge is 0.161 e. The quantitative estimate of drug-likeness (QED) is 0.546. The molecule has 0 N–H and O–H groups in total. The summed E-state index contributed by atoms with van der Waals surface area (Å²) in [4.78, 5) is 12.7. The molecule has 0 saturated heterocycles. The minimum atomic E-state index is -0.288. The standard InChI is InChI=1S/C21H32O/c1-7-8-11-19(14-18-12-9-10-17(4)13-18)15-20(22)21(5,6)16(2)3/h9-10,12-13,15-16H,7-8,11,14H2,1-6H3/b19-15+. The summed E-state index contributed by atoms with van der Waals surface area (Å²) >= 11 is 0. The average Bonchev–Trinajstić information content (AvgIpc) is 2.44. The number of rotatable bonds is 8. The normalized spacial score (nSPS) is 12.8. The fourth-order valence-electron chi connectivity index (χ4n) is 2.36. The Bertz CT molecular complexity index is 520. The highest BCUT2D eigenvalue weighted by molar-refractivity contribution is 5.95. The number of allylic oxidation sites excluding steroid dienone is 2. The SMILES string of the molecule is CCCC/C(=C\C(=O)C(C)(C)C(C)C)Cc1cccc(C)c1. The van der Waals surface area contributed by atoms with Crippen molar-refractivity contribution in [2.24, 2.45) is 11.3 Å². The Morgan fingerprint density at radius 3 is 2.50 bits per heavy atom. The maximum Gasteiger partial charge on any atom is 0.161 e. The van der Waals surface area contributed by atoms with Gasteiger partial charge in [-0.2, -0.15) is 0 Å². The van der Waals surface area contributed by atoms with Gasteiger partial charge in [0, 0.05) is 5.41 Å². The molecule has 1 aromatic carbocycles. The van der Waals surface area contributed by atoms with Gasteiger partial charge in [-0.3, -0.25) is 4.79 Å². The summed E-state index contributed by atoms with van der Waals surface area (Å²) in [6.07, 6.45) is 6.14. The van der Waals surface area contributed by atoms with Crippen LogP contribution in [0.1, 0.15) is 65.0 Å². The Kier molecular flexibility index (Phi) is 7.06. The van der Waals surface area contributed by atoms with Crippen LogP contribution in [0.3, 0.4) is 0 Å². The molecule has 0 radical (unpaired) electrons. The molecule has 1 rings (SSSR count). The molecule has 1 aromatic rings. The molecule has 0 aromatic heterocycles. The van der Waals surface area contributed by atoms with E-state index >= 15 is 0 Å². The van der Waals surface area contributed by atoms with Gasteiger partial charge >= 0.3 is 0 Å². The van der Waals surface area contributed by atoms with Crippen LogP contribution >= 0.6 is 0 Å². The van der Waals surface area contributed by atoms with E-state index in [0.717, 1.165) is 25.7 Å². The number of benzene rings is 1. The van der Waals surface area contributed by atoms with E-state index in [1.165, 1.54) is 16.7 Å². The predicted octanol–water partition coefficient (Wildman–Crippen LogP) is 5.91. The third-order valence-electron chi connectivity index (χ3n) is 4.78. The van der Waals surface area contributed by atoms with Crippen LogP contribution in [0, 0.1) is 18.3 Å². The molecule has 1 heteroatoms. The summed E-state index contributed by atoms with van der Waals surface area (Å²) in [7, 11) is 0. The molecule has 0 aliphatic rings. The van der Waals surface area contributed by atoms with Crippen LogP contribution in [0.5, 0.6) is 0 Å². The molecular formula is C21H32O. The molecule has 0 unspecified atom stereocenters. The number of carbonyl (C=O) groups excluding carboxylic acids is 1. The lowest BCUT2D eigenvalue weighted by atomic mass is 9.76. The van der Waals surface area contributed by atoms with E-state index in [1.807, 2.05) is 6.08 Å². The molecule has 0 atom stereocenters. The average molecular weight is 300 g/mol. The molecule has 1 nitrogen and oxygen atoms in total. The second-order valence-corrected chi connectivity index (χ2v) is 7.31. The van der Waals surface area contributed by atoms with Gasteiger partial charge in [0.05, 0.1) is 0 Å². The summed E-state index contributed by atoms with van der Waals surface area (Å²) in [5.74, 6) is 0.615. The maximum absolute atomic E-state index is 12.7. The number of hydrogen-bond donors (Lipinski definition) is 0. The van der Waals surface area contributed by atoms with Crippen molar-refractivity contribution in [3.63, 3.8) is 0 Å². The first kappa shape index (κ1) is 18.7. The highest BCUT2D eigenvalue weighted by Crippen LogP contribution is 2.29. The predicted molar refractivity (Wildman–Crippen MR) is 96.1 cm³/mol. The third kappa shape index (κ3) is 5.44. The number of unbranched alkanes of at least 4 members (excludes halogenated alkanes) is 1. The molecule has 0 fully saturated rings. The molecule has 0 saturated carbocycles. The highest BCUT2D eigenvalue weighted by atomic mass is 16.1. The van der Waals surface area contributed by atoms with Crippen LogP contribution < -0.4 is 0 Å². The van der Waals surface area contributed by atoms with E-state index < -0.39 is 0 Å². The van der Waals surface area contributed by atoms with Crippen LogP contribution in [0.25, 0.3) is 0 Å². The Morgan fingerprint density at radius 1 is 1.27 bits per heavy atom. The van der Waals surface area contributed by atoms with Crippen LogP contribution in [-0.2, 0) is 11.2 Å². The van der Waals surface area contributed by atoms with E-state index in [-0.39, 0.29) is 11.2 Å². The van der Waals surface area contributed by atoms with Gasteiger partial charge in [-0.1, -0.05) is 76.4 Å². The number of hydrogen-bond acceptors (Lipinski definition) is 1. The zero-order valence-electron chi connectivity index (χ0n) is 15.2. The number of ketones is 1. The molecule has 22 heavy (non-hydrogen) atoms. The maximum atomic E-state index is 12.7. The lowest BCUT2D eigenvalue weighted by molar-refractivity contribution is -0.124. The zero-order chi connectivity index (χ0) is 16.8. The van der Waals surface area contributed by atoms with Crippen molar-refractivity contribution < 1.29 is 4.79 Å². The van der Waals surface area contributed by atoms with Crippen molar-refractivity contribution in [1.29, 1.82) is 0 Å². The molecule has 0 spiro atoms.